The maximum absolute atomic E-state index is 11.9. The zero-order chi connectivity index (χ0) is 21.7. The van der Waals surface area contributed by atoms with Crippen LogP contribution < -0.4 is 21.4 Å². The number of amides is 1. The molecule has 0 saturated carbocycles. The van der Waals surface area contributed by atoms with Crippen molar-refractivity contribution in [3.05, 3.63) is 59.9 Å². The van der Waals surface area contributed by atoms with E-state index in [1.807, 2.05) is 6.07 Å². The van der Waals surface area contributed by atoms with Gasteiger partial charge in [0.05, 0.1) is 18.3 Å². The smallest absolute Gasteiger partial charge is 0.267 e. The van der Waals surface area contributed by atoms with Gasteiger partial charge in [-0.3, -0.25) is 9.79 Å². The lowest BCUT2D eigenvalue weighted by Crippen LogP contribution is -2.38. The maximum Gasteiger partial charge on any atom is 0.267 e. The maximum atomic E-state index is 11.9. The van der Waals surface area contributed by atoms with Crippen LogP contribution in [0.4, 0.5) is 0 Å². The predicted octanol–water partition coefficient (Wildman–Crippen LogP) is 1.77. The second-order valence-corrected chi connectivity index (χ2v) is 7.68. The number of hydroxylamine groups is 1. The second kappa shape index (κ2) is 12.9. The molecule has 1 aromatic rings. The molecule has 2 heterocycles. The van der Waals surface area contributed by atoms with Crippen LogP contribution in [0.15, 0.2) is 59.4 Å². The Balaban J connectivity index is 1.32. The summed E-state index contributed by atoms with van der Waals surface area (Å²) in [5.74, 6) is 0.545. The highest BCUT2D eigenvalue weighted by Crippen LogP contribution is 2.12. The molecular weight excluding hydrogens is 394 g/mol. The minimum absolute atomic E-state index is 0.162. The van der Waals surface area contributed by atoms with E-state index in [9.17, 15) is 4.79 Å². The Labute approximate surface area is 184 Å². The van der Waals surface area contributed by atoms with E-state index in [1.165, 1.54) is 11.6 Å². The van der Waals surface area contributed by atoms with Gasteiger partial charge in [-0.1, -0.05) is 30.3 Å². The molecule has 0 aliphatic carbocycles. The first-order chi connectivity index (χ1) is 15.2. The Bertz CT molecular complexity index is 773. The van der Waals surface area contributed by atoms with Crippen molar-refractivity contribution in [3.63, 3.8) is 0 Å². The number of amidine groups is 1. The van der Waals surface area contributed by atoms with Crippen LogP contribution in [0, 0.1) is 0 Å². The van der Waals surface area contributed by atoms with E-state index < -0.39 is 0 Å². The molecule has 1 aromatic carbocycles. The molecule has 8 heteroatoms. The Morgan fingerprint density at radius 3 is 2.97 bits per heavy atom. The van der Waals surface area contributed by atoms with Gasteiger partial charge < -0.3 is 20.7 Å². The molecule has 0 aromatic heterocycles. The number of ether oxygens (including phenoxy) is 1. The first-order valence-electron chi connectivity index (χ1n) is 11.0. The van der Waals surface area contributed by atoms with Gasteiger partial charge in [-0.05, 0) is 44.4 Å². The molecule has 0 spiro atoms. The quantitative estimate of drug-likeness (QED) is 0.258. The fourth-order valence-electron chi connectivity index (χ4n) is 3.27. The highest BCUT2D eigenvalue weighted by atomic mass is 16.8. The molecule has 1 saturated heterocycles. The van der Waals surface area contributed by atoms with E-state index in [2.05, 4.69) is 52.6 Å². The van der Waals surface area contributed by atoms with Crippen LogP contribution in [0.25, 0.3) is 0 Å². The molecule has 0 radical (unpaired) electrons. The van der Waals surface area contributed by atoms with Crippen molar-refractivity contribution in [3.8, 4) is 0 Å². The number of nitrogens with one attached hydrogen (secondary N) is 4. The number of hydrogen-bond acceptors (Lipinski definition) is 6. The van der Waals surface area contributed by atoms with Crippen molar-refractivity contribution in [1.82, 2.24) is 21.4 Å². The van der Waals surface area contributed by atoms with Crippen LogP contribution in [-0.4, -0.2) is 50.3 Å². The molecule has 1 amide bonds. The third kappa shape index (κ3) is 8.92. The molecule has 2 unspecified atom stereocenters. The largest absolute Gasteiger partial charge is 0.377 e. The minimum atomic E-state index is -0.353. The average molecular weight is 428 g/mol. The summed E-state index contributed by atoms with van der Waals surface area (Å²) in [6, 6.07) is 10.6. The SMILES string of the molecule is CC(CNCCc1ccccc1)N=C1CNC(/C=C/C(=O)NOC2CCCCO2)=CN1. The molecule has 0 bridgehead atoms. The summed E-state index contributed by atoms with van der Waals surface area (Å²) >= 11 is 0. The Morgan fingerprint density at radius 2 is 2.23 bits per heavy atom. The van der Waals surface area contributed by atoms with Crippen molar-refractivity contribution in [2.45, 2.75) is 44.9 Å². The van der Waals surface area contributed by atoms with E-state index >= 15 is 0 Å². The summed E-state index contributed by atoms with van der Waals surface area (Å²) in [6.45, 7) is 5.09. The van der Waals surface area contributed by atoms with Crippen LogP contribution in [0.3, 0.4) is 0 Å². The topological polar surface area (TPSA) is 96.0 Å². The summed E-state index contributed by atoms with van der Waals surface area (Å²) in [6.07, 6.45) is 8.45. The fraction of sp³-hybridized carbons (Fsp3) is 0.478. The minimum Gasteiger partial charge on any atom is -0.377 e. The number of aliphatic imine (C=N–C) groups is 1. The Kier molecular flexibility index (Phi) is 9.56. The summed E-state index contributed by atoms with van der Waals surface area (Å²) < 4.78 is 5.40. The van der Waals surface area contributed by atoms with E-state index in [1.54, 1.807) is 12.3 Å². The van der Waals surface area contributed by atoms with Crippen LogP contribution in [-0.2, 0) is 20.8 Å². The fourth-order valence-corrected chi connectivity index (χ4v) is 3.27. The average Bonchev–Trinajstić information content (AvgIpc) is 2.81. The van der Waals surface area contributed by atoms with Gasteiger partial charge in [0.25, 0.3) is 5.91 Å². The standard InChI is InChI=1S/C23H33N5O3/c1-18(15-24-13-12-19-7-3-2-4-8-19)27-21-17-25-20(16-26-21)10-11-22(29)28-31-23-9-5-6-14-30-23/h2-4,7-8,10-11,16,18,23-25H,5-6,9,12-15,17H2,1H3,(H,26,27)(H,28,29)/b11-10+. The van der Waals surface area contributed by atoms with Crippen LogP contribution in [0.2, 0.25) is 0 Å². The first kappa shape index (κ1) is 23.0. The lowest BCUT2D eigenvalue weighted by atomic mass is 10.1. The van der Waals surface area contributed by atoms with E-state index in [0.717, 1.165) is 50.3 Å². The number of hydrogen-bond donors (Lipinski definition) is 4. The van der Waals surface area contributed by atoms with Gasteiger partial charge in [-0.25, -0.2) is 10.3 Å². The highest BCUT2D eigenvalue weighted by molar-refractivity contribution is 5.88. The number of rotatable bonds is 10. The lowest BCUT2D eigenvalue weighted by Gasteiger charge is -2.21. The molecule has 8 nitrogen and oxygen atoms in total. The van der Waals surface area contributed by atoms with Crippen LogP contribution >= 0.6 is 0 Å². The van der Waals surface area contributed by atoms with Gasteiger partial charge in [0.1, 0.15) is 5.84 Å². The van der Waals surface area contributed by atoms with Gasteiger partial charge in [-0.2, -0.15) is 0 Å². The van der Waals surface area contributed by atoms with Crippen LogP contribution in [0.5, 0.6) is 0 Å². The van der Waals surface area contributed by atoms with Crippen molar-refractivity contribution in [2.24, 2.45) is 4.99 Å². The summed E-state index contributed by atoms with van der Waals surface area (Å²) in [5, 5.41) is 9.88. The normalized spacial score (nSPS) is 21.3. The molecule has 2 aliphatic rings. The Morgan fingerprint density at radius 1 is 1.35 bits per heavy atom. The number of carbonyl (C=O) groups is 1. The zero-order valence-electron chi connectivity index (χ0n) is 18.1. The molecule has 1 fully saturated rings. The van der Waals surface area contributed by atoms with Crippen LogP contribution in [0.1, 0.15) is 31.7 Å². The zero-order valence-corrected chi connectivity index (χ0v) is 18.1. The van der Waals surface area contributed by atoms with E-state index in [-0.39, 0.29) is 18.2 Å². The van der Waals surface area contributed by atoms with Gasteiger partial charge in [0, 0.05) is 31.8 Å². The van der Waals surface area contributed by atoms with Gasteiger partial charge in [0.15, 0.2) is 6.29 Å². The summed E-state index contributed by atoms with van der Waals surface area (Å²) in [4.78, 5) is 21.8. The molecule has 168 valence electrons. The Hall–Kier alpha value is -2.68. The summed E-state index contributed by atoms with van der Waals surface area (Å²) in [7, 11) is 0. The monoisotopic (exact) mass is 427 g/mol. The number of allylic oxidation sites excluding steroid dienone is 1. The van der Waals surface area contributed by atoms with Crippen molar-refractivity contribution in [1.29, 1.82) is 0 Å². The van der Waals surface area contributed by atoms with Gasteiger partial charge in [0.2, 0.25) is 0 Å². The molecule has 2 atom stereocenters. The van der Waals surface area contributed by atoms with Crippen molar-refractivity contribution in [2.75, 3.05) is 26.2 Å². The third-order valence-electron chi connectivity index (χ3n) is 4.95. The number of benzene rings is 1. The van der Waals surface area contributed by atoms with Crippen molar-refractivity contribution >= 4 is 11.7 Å². The number of carbonyl (C=O) groups excluding carboxylic acids is 1. The molecule has 3 rings (SSSR count). The molecule has 31 heavy (non-hydrogen) atoms. The molecule has 2 aliphatic heterocycles. The first-order valence-corrected chi connectivity index (χ1v) is 11.0. The van der Waals surface area contributed by atoms with E-state index in [0.29, 0.717) is 13.2 Å². The van der Waals surface area contributed by atoms with Gasteiger partial charge >= 0.3 is 0 Å². The van der Waals surface area contributed by atoms with Gasteiger partial charge in [-0.15, -0.1) is 0 Å². The lowest BCUT2D eigenvalue weighted by molar-refractivity contribution is -0.198. The number of nitrogens with zero attached hydrogens (tertiary/aromatic N) is 1. The third-order valence-corrected chi connectivity index (χ3v) is 4.95. The predicted molar refractivity (Wildman–Crippen MR) is 121 cm³/mol. The highest BCUT2D eigenvalue weighted by Gasteiger charge is 2.15. The molecule has 4 N–H and O–H groups in total. The van der Waals surface area contributed by atoms with Crippen molar-refractivity contribution < 1.29 is 14.4 Å². The second-order valence-electron chi connectivity index (χ2n) is 7.68. The molecular formula is C23H33N5O3. The van der Waals surface area contributed by atoms with E-state index in [4.69, 9.17) is 14.6 Å². The summed E-state index contributed by atoms with van der Waals surface area (Å²) in [5.41, 5.74) is 4.54.